The van der Waals surface area contributed by atoms with E-state index in [-0.39, 0.29) is 5.91 Å². The van der Waals surface area contributed by atoms with Gasteiger partial charge in [0.2, 0.25) is 5.91 Å². The van der Waals surface area contributed by atoms with Gasteiger partial charge in [0.15, 0.2) is 0 Å². The summed E-state index contributed by atoms with van der Waals surface area (Å²) in [6.07, 6.45) is 0. The van der Waals surface area contributed by atoms with E-state index in [0.717, 1.165) is 31.1 Å². The lowest BCUT2D eigenvalue weighted by atomic mass is 10.2. The van der Waals surface area contributed by atoms with Crippen molar-refractivity contribution in [3.63, 3.8) is 0 Å². The molecule has 1 aromatic carbocycles. The van der Waals surface area contributed by atoms with Crippen LogP contribution in [0, 0.1) is 0 Å². The van der Waals surface area contributed by atoms with Crippen LogP contribution in [-0.2, 0) is 4.79 Å². The maximum Gasteiger partial charge on any atom is 0.238 e. The molecule has 1 saturated heterocycles. The molecule has 1 amide bonds. The van der Waals surface area contributed by atoms with E-state index in [1.54, 1.807) is 7.11 Å². The highest BCUT2D eigenvalue weighted by molar-refractivity contribution is 5.92. The molecule has 2 N–H and O–H groups in total. The summed E-state index contributed by atoms with van der Waals surface area (Å²) >= 11 is 0. The van der Waals surface area contributed by atoms with Crippen LogP contribution in [0.15, 0.2) is 24.3 Å². The van der Waals surface area contributed by atoms with Gasteiger partial charge in [-0.1, -0.05) is 6.07 Å². The van der Waals surface area contributed by atoms with Crippen molar-refractivity contribution in [3.05, 3.63) is 24.3 Å². The van der Waals surface area contributed by atoms with Gasteiger partial charge >= 0.3 is 0 Å². The molecule has 1 atom stereocenters. The molecule has 1 heterocycles. The zero-order valence-electron chi connectivity index (χ0n) is 11.5. The quantitative estimate of drug-likeness (QED) is 0.848. The van der Waals surface area contributed by atoms with E-state index in [9.17, 15) is 4.79 Å². The summed E-state index contributed by atoms with van der Waals surface area (Å²) in [6, 6.07) is 7.84. The Morgan fingerprint density at radius 3 is 3.16 bits per heavy atom. The fraction of sp³-hybridized carbons (Fsp3) is 0.500. The summed E-state index contributed by atoms with van der Waals surface area (Å²) in [5, 5.41) is 6.26. The van der Waals surface area contributed by atoms with Crippen LogP contribution >= 0.6 is 0 Å². The van der Waals surface area contributed by atoms with Crippen molar-refractivity contribution in [1.29, 1.82) is 0 Å². The Morgan fingerprint density at radius 2 is 2.42 bits per heavy atom. The number of amides is 1. The van der Waals surface area contributed by atoms with E-state index in [1.165, 1.54) is 0 Å². The Hall–Kier alpha value is -1.59. The van der Waals surface area contributed by atoms with Gasteiger partial charge in [0.25, 0.3) is 0 Å². The summed E-state index contributed by atoms with van der Waals surface area (Å²) < 4.78 is 5.13. The monoisotopic (exact) mass is 263 g/mol. The van der Waals surface area contributed by atoms with Crippen molar-refractivity contribution in [2.24, 2.45) is 0 Å². The first-order chi connectivity index (χ1) is 9.17. The van der Waals surface area contributed by atoms with E-state index >= 15 is 0 Å². The Balaban J connectivity index is 1.86. The van der Waals surface area contributed by atoms with Crippen molar-refractivity contribution in [2.75, 3.05) is 38.6 Å². The first-order valence-corrected chi connectivity index (χ1v) is 6.57. The molecule has 0 radical (unpaired) electrons. The molecule has 2 rings (SSSR count). The molecule has 0 unspecified atom stereocenters. The Morgan fingerprint density at radius 1 is 1.58 bits per heavy atom. The van der Waals surface area contributed by atoms with Crippen LogP contribution in [0.5, 0.6) is 5.75 Å². The van der Waals surface area contributed by atoms with Gasteiger partial charge in [0.1, 0.15) is 5.75 Å². The molecule has 0 saturated carbocycles. The van der Waals surface area contributed by atoms with Gasteiger partial charge in [-0.3, -0.25) is 9.69 Å². The van der Waals surface area contributed by atoms with E-state index in [2.05, 4.69) is 22.5 Å². The predicted molar refractivity (Wildman–Crippen MR) is 75.5 cm³/mol. The van der Waals surface area contributed by atoms with Gasteiger partial charge in [-0.2, -0.15) is 0 Å². The zero-order chi connectivity index (χ0) is 13.7. The fourth-order valence-corrected chi connectivity index (χ4v) is 2.26. The van der Waals surface area contributed by atoms with Crippen LogP contribution in [0.1, 0.15) is 6.92 Å². The van der Waals surface area contributed by atoms with Crippen molar-refractivity contribution >= 4 is 11.6 Å². The molecule has 5 nitrogen and oxygen atoms in total. The first kappa shape index (κ1) is 13.8. The summed E-state index contributed by atoms with van der Waals surface area (Å²) in [4.78, 5) is 14.1. The number of hydrogen-bond acceptors (Lipinski definition) is 4. The zero-order valence-corrected chi connectivity index (χ0v) is 11.5. The third-order valence-corrected chi connectivity index (χ3v) is 3.17. The minimum Gasteiger partial charge on any atom is -0.497 e. The smallest absolute Gasteiger partial charge is 0.238 e. The molecule has 1 aromatic rings. The average molecular weight is 263 g/mol. The molecule has 1 aliphatic rings. The van der Waals surface area contributed by atoms with Gasteiger partial charge < -0.3 is 15.4 Å². The van der Waals surface area contributed by atoms with Crippen LogP contribution in [0.2, 0.25) is 0 Å². The molecule has 104 valence electrons. The minimum atomic E-state index is 0.0161. The second-order valence-electron chi connectivity index (χ2n) is 4.87. The highest BCUT2D eigenvalue weighted by Gasteiger charge is 2.17. The summed E-state index contributed by atoms with van der Waals surface area (Å²) in [5.41, 5.74) is 0.771. The minimum absolute atomic E-state index is 0.0161. The largest absolute Gasteiger partial charge is 0.497 e. The number of benzene rings is 1. The van der Waals surface area contributed by atoms with Gasteiger partial charge in [0.05, 0.1) is 13.7 Å². The Labute approximate surface area is 113 Å². The Bertz CT molecular complexity index is 436. The van der Waals surface area contributed by atoms with Crippen LogP contribution in [0.3, 0.4) is 0 Å². The number of rotatable bonds is 4. The number of anilines is 1. The number of piperazine rings is 1. The highest BCUT2D eigenvalue weighted by Crippen LogP contribution is 2.16. The van der Waals surface area contributed by atoms with Crippen molar-refractivity contribution in [3.8, 4) is 5.75 Å². The van der Waals surface area contributed by atoms with Gasteiger partial charge in [-0.15, -0.1) is 0 Å². The number of nitrogens with zero attached hydrogens (tertiary/aromatic N) is 1. The van der Waals surface area contributed by atoms with E-state index < -0.39 is 0 Å². The fourth-order valence-electron chi connectivity index (χ4n) is 2.26. The van der Waals surface area contributed by atoms with Crippen LogP contribution in [-0.4, -0.2) is 50.1 Å². The van der Waals surface area contributed by atoms with Crippen molar-refractivity contribution in [1.82, 2.24) is 10.2 Å². The van der Waals surface area contributed by atoms with Crippen LogP contribution < -0.4 is 15.4 Å². The molecule has 0 bridgehead atoms. The van der Waals surface area contributed by atoms with Crippen LogP contribution in [0.25, 0.3) is 0 Å². The first-order valence-electron chi connectivity index (χ1n) is 6.57. The molecule has 19 heavy (non-hydrogen) atoms. The molecule has 0 aliphatic carbocycles. The topological polar surface area (TPSA) is 53.6 Å². The highest BCUT2D eigenvalue weighted by atomic mass is 16.5. The second kappa shape index (κ2) is 6.54. The molecule has 0 spiro atoms. The lowest BCUT2D eigenvalue weighted by Gasteiger charge is -2.31. The molecule has 5 heteroatoms. The average Bonchev–Trinajstić information content (AvgIpc) is 2.38. The number of nitrogens with one attached hydrogen (secondary N) is 2. The SMILES string of the molecule is COc1cccc(NC(=O)CN2CCN[C@H](C)C2)c1. The molecular formula is C14H21N3O2. The van der Waals surface area contributed by atoms with Crippen LogP contribution in [0.4, 0.5) is 5.69 Å². The maximum atomic E-state index is 12.0. The lowest BCUT2D eigenvalue weighted by Crippen LogP contribution is -2.51. The third kappa shape index (κ3) is 4.22. The standard InChI is InChI=1S/C14H21N3O2/c1-11-9-17(7-6-15-11)10-14(18)16-12-4-3-5-13(8-12)19-2/h3-5,8,11,15H,6-7,9-10H2,1-2H3,(H,16,18)/t11-/m1/s1. The molecular weight excluding hydrogens is 242 g/mol. The summed E-state index contributed by atoms with van der Waals surface area (Å²) in [7, 11) is 1.61. The van der Waals surface area contributed by atoms with Crippen molar-refractivity contribution in [2.45, 2.75) is 13.0 Å². The van der Waals surface area contributed by atoms with E-state index in [0.29, 0.717) is 12.6 Å². The number of carbonyl (C=O) groups excluding carboxylic acids is 1. The Kier molecular flexibility index (Phi) is 4.76. The molecule has 1 fully saturated rings. The molecule has 1 aliphatic heterocycles. The second-order valence-corrected chi connectivity index (χ2v) is 4.87. The third-order valence-electron chi connectivity index (χ3n) is 3.17. The maximum absolute atomic E-state index is 12.0. The number of ether oxygens (including phenoxy) is 1. The number of hydrogen-bond donors (Lipinski definition) is 2. The van der Waals surface area contributed by atoms with Gasteiger partial charge in [-0.25, -0.2) is 0 Å². The summed E-state index contributed by atoms with van der Waals surface area (Å²) in [5.74, 6) is 0.760. The van der Waals surface area contributed by atoms with Crippen molar-refractivity contribution < 1.29 is 9.53 Å². The van der Waals surface area contributed by atoms with Gasteiger partial charge in [-0.05, 0) is 19.1 Å². The van der Waals surface area contributed by atoms with E-state index in [4.69, 9.17) is 4.74 Å². The number of carbonyl (C=O) groups is 1. The van der Waals surface area contributed by atoms with Gasteiger partial charge in [0, 0.05) is 37.4 Å². The normalized spacial score (nSPS) is 20.0. The van der Waals surface area contributed by atoms with E-state index in [1.807, 2.05) is 24.3 Å². The lowest BCUT2D eigenvalue weighted by molar-refractivity contribution is -0.117. The molecule has 0 aromatic heterocycles. The number of methoxy groups -OCH3 is 1. The predicted octanol–water partition coefficient (Wildman–Crippen LogP) is 0.927. The summed E-state index contributed by atoms with van der Waals surface area (Å²) in [6.45, 7) is 5.32.